The fourth-order valence-corrected chi connectivity index (χ4v) is 2.33. The number of carbonyl (C=O) groups excluding carboxylic acids is 1. The molecule has 8 heteroatoms. The van der Waals surface area contributed by atoms with Gasteiger partial charge in [-0.2, -0.15) is 5.10 Å². The summed E-state index contributed by atoms with van der Waals surface area (Å²) < 4.78 is 15.7. The Morgan fingerprint density at radius 1 is 1.12 bits per heavy atom. The minimum atomic E-state index is -0.435. The number of hydrogen-bond donors (Lipinski definition) is 1. The summed E-state index contributed by atoms with van der Waals surface area (Å²) in [5.41, 5.74) is 3.05. The second-order valence-corrected chi connectivity index (χ2v) is 5.61. The number of halogens is 2. The van der Waals surface area contributed by atoms with E-state index >= 15 is 0 Å². The predicted octanol–water partition coefficient (Wildman–Crippen LogP) is 3.54. The minimum absolute atomic E-state index is 0.238. The Kier molecular flexibility index (Phi) is 6.91. The molecular formula is C17H16Cl2N2O4. The molecule has 0 aliphatic rings. The number of hydrogen-bond acceptors (Lipinski definition) is 5. The van der Waals surface area contributed by atoms with E-state index in [-0.39, 0.29) is 6.61 Å². The molecule has 132 valence electrons. The number of carbonyl (C=O) groups is 1. The van der Waals surface area contributed by atoms with Gasteiger partial charge in [-0.15, -0.1) is 0 Å². The van der Waals surface area contributed by atoms with Crippen LogP contribution in [0.2, 0.25) is 10.0 Å². The first-order chi connectivity index (χ1) is 12.0. The molecule has 25 heavy (non-hydrogen) atoms. The van der Waals surface area contributed by atoms with Gasteiger partial charge < -0.3 is 14.2 Å². The van der Waals surface area contributed by atoms with Crippen LogP contribution in [-0.2, 0) is 4.79 Å². The van der Waals surface area contributed by atoms with Crippen molar-refractivity contribution in [2.45, 2.75) is 0 Å². The molecule has 2 aromatic rings. The molecule has 0 saturated carbocycles. The number of benzene rings is 2. The SMILES string of the molecule is COc1ccc(/C=N/NC(=O)COc2ccc(Cl)cc2Cl)c(OC)c1. The van der Waals surface area contributed by atoms with Crippen molar-refractivity contribution >= 4 is 35.3 Å². The molecule has 0 saturated heterocycles. The number of ether oxygens (including phenoxy) is 3. The van der Waals surface area contributed by atoms with Gasteiger partial charge in [0.05, 0.1) is 25.5 Å². The van der Waals surface area contributed by atoms with Crippen molar-refractivity contribution in [1.29, 1.82) is 0 Å². The fraction of sp³-hybridized carbons (Fsp3) is 0.176. The Labute approximate surface area is 155 Å². The van der Waals surface area contributed by atoms with Gasteiger partial charge >= 0.3 is 0 Å². The van der Waals surface area contributed by atoms with Crippen LogP contribution in [0.4, 0.5) is 0 Å². The van der Waals surface area contributed by atoms with Crippen LogP contribution >= 0.6 is 23.2 Å². The zero-order valence-corrected chi connectivity index (χ0v) is 15.1. The summed E-state index contributed by atoms with van der Waals surface area (Å²) in [6.07, 6.45) is 1.46. The quantitative estimate of drug-likeness (QED) is 0.587. The predicted molar refractivity (Wildman–Crippen MR) is 97.2 cm³/mol. The lowest BCUT2D eigenvalue weighted by molar-refractivity contribution is -0.123. The Morgan fingerprint density at radius 3 is 2.60 bits per heavy atom. The molecule has 1 N–H and O–H groups in total. The number of amides is 1. The maximum absolute atomic E-state index is 11.8. The van der Waals surface area contributed by atoms with Gasteiger partial charge in [-0.1, -0.05) is 23.2 Å². The Bertz CT molecular complexity index is 781. The van der Waals surface area contributed by atoms with Crippen molar-refractivity contribution in [2.75, 3.05) is 20.8 Å². The van der Waals surface area contributed by atoms with E-state index in [9.17, 15) is 4.79 Å². The first-order valence-electron chi connectivity index (χ1n) is 7.15. The van der Waals surface area contributed by atoms with Gasteiger partial charge in [0.25, 0.3) is 5.91 Å². The van der Waals surface area contributed by atoms with Crippen LogP contribution in [0.25, 0.3) is 0 Å². The van der Waals surface area contributed by atoms with E-state index in [1.54, 1.807) is 37.4 Å². The Morgan fingerprint density at radius 2 is 1.92 bits per heavy atom. The highest BCUT2D eigenvalue weighted by molar-refractivity contribution is 6.35. The molecule has 0 aliphatic heterocycles. The smallest absolute Gasteiger partial charge is 0.277 e. The third-order valence-electron chi connectivity index (χ3n) is 3.09. The minimum Gasteiger partial charge on any atom is -0.497 e. The summed E-state index contributed by atoms with van der Waals surface area (Å²) in [6, 6.07) is 9.98. The fourth-order valence-electron chi connectivity index (χ4n) is 1.87. The van der Waals surface area contributed by atoms with Gasteiger partial charge in [0.2, 0.25) is 0 Å². The summed E-state index contributed by atoms with van der Waals surface area (Å²) in [4.78, 5) is 11.8. The number of nitrogens with one attached hydrogen (secondary N) is 1. The molecule has 0 fully saturated rings. The Balaban J connectivity index is 1.90. The lowest BCUT2D eigenvalue weighted by Gasteiger charge is -2.08. The summed E-state index contributed by atoms with van der Waals surface area (Å²) in [5.74, 6) is 1.16. The van der Waals surface area contributed by atoms with Crippen LogP contribution in [0.1, 0.15) is 5.56 Å². The molecule has 0 radical (unpaired) electrons. The van der Waals surface area contributed by atoms with Gasteiger partial charge in [0.15, 0.2) is 6.61 Å². The van der Waals surface area contributed by atoms with E-state index in [1.807, 2.05) is 0 Å². The highest BCUT2D eigenvalue weighted by Crippen LogP contribution is 2.27. The van der Waals surface area contributed by atoms with E-state index in [2.05, 4.69) is 10.5 Å². The van der Waals surface area contributed by atoms with Crippen molar-refractivity contribution < 1.29 is 19.0 Å². The van der Waals surface area contributed by atoms with E-state index in [4.69, 9.17) is 37.4 Å². The lowest BCUT2D eigenvalue weighted by Crippen LogP contribution is -2.24. The number of rotatable bonds is 7. The van der Waals surface area contributed by atoms with Crippen LogP contribution in [0.5, 0.6) is 17.2 Å². The first-order valence-corrected chi connectivity index (χ1v) is 7.91. The zero-order valence-electron chi connectivity index (χ0n) is 13.6. The molecule has 2 rings (SSSR count). The number of hydrazone groups is 1. The molecular weight excluding hydrogens is 367 g/mol. The molecule has 1 amide bonds. The van der Waals surface area contributed by atoms with E-state index in [0.29, 0.717) is 32.9 Å². The van der Waals surface area contributed by atoms with Crippen molar-refractivity contribution in [3.8, 4) is 17.2 Å². The largest absolute Gasteiger partial charge is 0.497 e. The van der Waals surface area contributed by atoms with E-state index < -0.39 is 5.91 Å². The van der Waals surface area contributed by atoms with Gasteiger partial charge in [-0.25, -0.2) is 5.43 Å². The summed E-state index contributed by atoms with van der Waals surface area (Å²) in [7, 11) is 3.10. The molecule has 0 atom stereocenters. The molecule has 2 aromatic carbocycles. The van der Waals surface area contributed by atoms with Crippen LogP contribution < -0.4 is 19.6 Å². The Hall–Kier alpha value is -2.44. The molecule has 0 aromatic heterocycles. The first kappa shape index (κ1) is 18.9. The normalized spacial score (nSPS) is 10.6. The van der Waals surface area contributed by atoms with Crippen LogP contribution in [-0.4, -0.2) is 32.9 Å². The zero-order chi connectivity index (χ0) is 18.2. The van der Waals surface area contributed by atoms with Crippen molar-refractivity contribution in [3.63, 3.8) is 0 Å². The molecule has 0 heterocycles. The van der Waals surface area contributed by atoms with Crippen molar-refractivity contribution in [2.24, 2.45) is 5.10 Å². The molecule has 0 bridgehead atoms. The van der Waals surface area contributed by atoms with Crippen LogP contribution in [0.15, 0.2) is 41.5 Å². The molecule has 0 spiro atoms. The molecule has 0 aliphatic carbocycles. The average molecular weight is 383 g/mol. The maximum atomic E-state index is 11.8. The van der Waals surface area contributed by atoms with Crippen LogP contribution in [0, 0.1) is 0 Å². The number of methoxy groups -OCH3 is 2. The van der Waals surface area contributed by atoms with Gasteiger partial charge in [-0.3, -0.25) is 4.79 Å². The number of nitrogens with zero attached hydrogens (tertiary/aromatic N) is 1. The third-order valence-corrected chi connectivity index (χ3v) is 3.62. The standard InChI is InChI=1S/C17H16Cl2N2O4/c1-23-13-5-3-11(16(8-13)24-2)9-20-21-17(22)10-25-15-6-4-12(18)7-14(15)19/h3-9H,10H2,1-2H3,(H,21,22)/b20-9+. The van der Waals surface area contributed by atoms with E-state index in [1.165, 1.54) is 19.4 Å². The highest BCUT2D eigenvalue weighted by Gasteiger charge is 2.06. The maximum Gasteiger partial charge on any atom is 0.277 e. The second kappa shape index (κ2) is 9.15. The summed E-state index contributed by atoms with van der Waals surface area (Å²) in [6.45, 7) is -0.238. The van der Waals surface area contributed by atoms with Crippen molar-refractivity contribution in [1.82, 2.24) is 5.43 Å². The highest BCUT2D eigenvalue weighted by atomic mass is 35.5. The monoisotopic (exact) mass is 382 g/mol. The topological polar surface area (TPSA) is 69.2 Å². The van der Waals surface area contributed by atoms with Crippen LogP contribution in [0.3, 0.4) is 0 Å². The summed E-state index contributed by atoms with van der Waals surface area (Å²) >= 11 is 11.8. The summed E-state index contributed by atoms with van der Waals surface area (Å²) in [5, 5.41) is 4.69. The molecule has 6 nitrogen and oxygen atoms in total. The van der Waals surface area contributed by atoms with Gasteiger partial charge in [0.1, 0.15) is 17.2 Å². The third kappa shape index (κ3) is 5.55. The lowest BCUT2D eigenvalue weighted by atomic mass is 10.2. The van der Waals surface area contributed by atoms with E-state index in [0.717, 1.165) is 0 Å². The molecule has 0 unspecified atom stereocenters. The van der Waals surface area contributed by atoms with Crippen molar-refractivity contribution in [3.05, 3.63) is 52.0 Å². The van der Waals surface area contributed by atoms with Gasteiger partial charge in [0, 0.05) is 16.7 Å². The van der Waals surface area contributed by atoms with Gasteiger partial charge in [-0.05, 0) is 30.3 Å². The second-order valence-electron chi connectivity index (χ2n) is 4.76. The average Bonchev–Trinajstić information content (AvgIpc) is 2.61.